The van der Waals surface area contributed by atoms with Crippen LogP contribution in [0.3, 0.4) is 0 Å². The third kappa shape index (κ3) is 5.06. The predicted octanol–water partition coefficient (Wildman–Crippen LogP) is 1.33. The minimum absolute atomic E-state index is 0.458. The van der Waals surface area contributed by atoms with E-state index in [2.05, 4.69) is 5.32 Å². The van der Waals surface area contributed by atoms with Gasteiger partial charge in [-0.25, -0.2) is 0 Å². The van der Waals surface area contributed by atoms with E-state index in [-0.39, 0.29) is 0 Å². The maximum Gasteiger partial charge on any atom is 0.258 e. The first-order valence-corrected chi connectivity index (χ1v) is 6.37. The average Bonchev–Trinajstić information content (AvgIpc) is 2.38. The van der Waals surface area contributed by atoms with E-state index in [1.54, 1.807) is 20.1 Å². The lowest BCUT2D eigenvalue weighted by Crippen LogP contribution is -2.31. The molecular weight excluding hydrogens is 268 g/mol. The number of benzene rings is 1. The normalized spacial score (nSPS) is 12.2. The summed E-state index contributed by atoms with van der Waals surface area (Å²) >= 11 is 6.09. The van der Waals surface area contributed by atoms with Crippen LogP contribution in [0.2, 0.25) is 5.02 Å². The number of halogens is 1. The number of primary amides is 1. The van der Waals surface area contributed by atoms with Gasteiger partial charge < -0.3 is 20.5 Å². The second-order valence-corrected chi connectivity index (χ2v) is 4.47. The molecule has 0 aliphatic heterocycles. The Morgan fingerprint density at radius 1 is 1.53 bits per heavy atom. The molecule has 0 spiro atoms. The van der Waals surface area contributed by atoms with Crippen LogP contribution in [0, 0.1) is 0 Å². The molecule has 0 fully saturated rings. The van der Waals surface area contributed by atoms with E-state index in [1.807, 2.05) is 12.1 Å². The molecule has 106 valence electrons. The van der Waals surface area contributed by atoms with Crippen LogP contribution in [-0.4, -0.2) is 32.3 Å². The third-order valence-corrected chi connectivity index (χ3v) is 2.84. The van der Waals surface area contributed by atoms with Crippen molar-refractivity contribution in [2.75, 3.05) is 20.3 Å². The standard InChI is InChI=1S/C13H19ClN2O3/c1-9(13(15)17)19-12-10(4-3-5-11(12)14)8-16-6-7-18-2/h3-5,9,16H,6-8H2,1-2H3,(H2,15,17). The Balaban J connectivity index is 2.74. The molecule has 0 saturated carbocycles. The van der Waals surface area contributed by atoms with Crippen LogP contribution in [-0.2, 0) is 16.1 Å². The van der Waals surface area contributed by atoms with Gasteiger partial charge >= 0.3 is 0 Å². The van der Waals surface area contributed by atoms with Crippen molar-refractivity contribution in [2.45, 2.75) is 19.6 Å². The van der Waals surface area contributed by atoms with E-state index in [1.165, 1.54) is 0 Å². The zero-order chi connectivity index (χ0) is 14.3. The van der Waals surface area contributed by atoms with E-state index < -0.39 is 12.0 Å². The van der Waals surface area contributed by atoms with E-state index in [0.29, 0.717) is 30.5 Å². The summed E-state index contributed by atoms with van der Waals surface area (Å²) in [5.41, 5.74) is 6.06. The lowest BCUT2D eigenvalue weighted by atomic mass is 10.2. The van der Waals surface area contributed by atoms with Gasteiger partial charge in [-0.3, -0.25) is 4.79 Å². The van der Waals surface area contributed by atoms with Crippen LogP contribution in [0.1, 0.15) is 12.5 Å². The summed E-state index contributed by atoms with van der Waals surface area (Å²) in [7, 11) is 1.64. The molecule has 19 heavy (non-hydrogen) atoms. The molecule has 1 aromatic rings. The number of para-hydroxylation sites is 1. The lowest BCUT2D eigenvalue weighted by molar-refractivity contribution is -0.123. The van der Waals surface area contributed by atoms with Gasteiger partial charge in [0.25, 0.3) is 5.91 Å². The summed E-state index contributed by atoms with van der Waals surface area (Å²) in [6, 6.07) is 5.43. The molecule has 5 nitrogen and oxygen atoms in total. The second-order valence-electron chi connectivity index (χ2n) is 4.06. The van der Waals surface area contributed by atoms with Gasteiger partial charge in [0, 0.05) is 25.8 Å². The maximum absolute atomic E-state index is 11.0. The Bertz CT molecular complexity index is 426. The summed E-state index contributed by atoms with van der Waals surface area (Å²) in [6.45, 7) is 3.50. The number of hydrogen-bond donors (Lipinski definition) is 2. The fraction of sp³-hybridized carbons (Fsp3) is 0.462. The van der Waals surface area contributed by atoms with Crippen LogP contribution in [0.25, 0.3) is 0 Å². The Hall–Kier alpha value is -1.30. The van der Waals surface area contributed by atoms with Crippen molar-refractivity contribution in [1.29, 1.82) is 0 Å². The predicted molar refractivity (Wildman–Crippen MR) is 74.3 cm³/mol. The van der Waals surface area contributed by atoms with Gasteiger partial charge in [-0.2, -0.15) is 0 Å². The van der Waals surface area contributed by atoms with E-state index >= 15 is 0 Å². The van der Waals surface area contributed by atoms with E-state index in [0.717, 1.165) is 5.56 Å². The smallest absolute Gasteiger partial charge is 0.258 e. The molecule has 1 amide bonds. The average molecular weight is 287 g/mol. The number of nitrogens with two attached hydrogens (primary N) is 1. The molecule has 1 atom stereocenters. The fourth-order valence-corrected chi connectivity index (χ4v) is 1.70. The van der Waals surface area contributed by atoms with Gasteiger partial charge in [0.05, 0.1) is 11.6 Å². The summed E-state index contributed by atoms with van der Waals surface area (Å²) in [5, 5.41) is 3.65. The van der Waals surface area contributed by atoms with Crippen molar-refractivity contribution in [3.05, 3.63) is 28.8 Å². The number of carbonyl (C=O) groups excluding carboxylic acids is 1. The largest absolute Gasteiger partial charge is 0.479 e. The highest BCUT2D eigenvalue weighted by Gasteiger charge is 2.15. The molecule has 0 radical (unpaired) electrons. The number of carbonyl (C=O) groups is 1. The maximum atomic E-state index is 11.0. The van der Waals surface area contributed by atoms with Crippen molar-refractivity contribution < 1.29 is 14.3 Å². The zero-order valence-electron chi connectivity index (χ0n) is 11.1. The minimum Gasteiger partial charge on any atom is -0.479 e. The molecule has 0 aliphatic carbocycles. The molecule has 0 aromatic heterocycles. The van der Waals surface area contributed by atoms with Crippen LogP contribution >= 0.6 is 11.6 Å². The van der Waals surface area contributed by atoms with Gasteiger partial charge in [-0.05, 0) is 13.0 Å². The molecule has 1 rings (SSSR count). The third-order valence-electron chi connectivity index (χ3n) is 2.54. The van der Waals surface area contributed by atoms with Crippen LogP contribution in [0.5, 0.6) is 5.75 Å². The number of rotatable bonds is 8. The summed E-state index contributed by atoms with van der Waals surface area (Å²) in [6.07, 6.45) is -0.724. The number of methoxy groups -OCH3 is 1. The van der Waals surface area contributed by atoms with Gasteiger partial charge in [-0.15, -0.1) is 0 Å². The Morgan fingerprint density at radius 2 is 2.26 bits per heavy atom. The topological polar surface area (TPSA) is 73.6 Å². The lowest BCUT2D eigenvalue weighted by Gasteiger charge is -2.16. The van der Waals surface area contributed by atoms with Crippen LogP contribution in [0.4, 0.5) is 0 Å². The number of hydrogen-bond acceptors (Lipinski definition) is 4. The molecule has 0 aliphatic rings. The minimum atomic E-state index is -0.724. The molecule has 0 heterocycles. The van der Waals surface area contributed by atoms with E-state index in [9.17, 15) is 4.79 Å². The molecular formula is C13H19ClN2O3. The van der Waals surface area contributed by atoms with Gasteiger partial charge in [0.15, 0.2) is 6.10 Å². The summed E-state index contributed by atoms with van der Waals surface area (Å²) < 4.78 is 10.5. The molecule has 0 bridgehead atoms. The molecule has 0 saturated heterocycles. The molecule has 1 aromatic carbocycles. The Morgan fingerprint density at radius 3 is 2.89 bits per heavy atom. The summed E-state index contributed by atoms with van der Waals surface area (Å²) in [5.74, 6) is -0.0430. The number of nitrogens with one attached hydrogen (secondary N) is 1. The quantitative estimate of drug-likeness (QED) is 0.707. The Kier molecular flexibility index (Phi) is 6.62. The first-order chi connectivity index (χ1) is 9.06. The first kappa shape index (κ1) is 15.8. The Labute approximate surface area is 118 Å². The monoisotopic (exact) mass is 286 g/mol. The van der Waals surface area contributed by atoms with Crippen LogP contribution in [0.15, 0.2) is 18.2 Å². The van der Waals surface area contributed by atoms with Crippen molar-refractivity contribution in [2.24, 2.45) is 5.73 Å². The SMILES string of the molecule is COCCNCc1cccc(Cl)c1OC(C)C(N)=O. The van der Waals surface area contributed by atoms with Crippen molar-refractivity contribution in [1.82, 2.24) is 5.32 Å². The van der Waals surface area contributed by atoms with Crippen molar-refractivity contribution in [3.63, 3.8) is 0 Å². The fourth-order valence-electron chi connectivity index (χ4n) is 1.46. The number of amides is 1. The van der Waals surface area contributed by atoms with Crippen molar-refractivity contribution in [3.8, 4) is 5.75 Å². The van der Waals surface area contributed by atoms with Crippen molar-refractivity contribution >= 4 is 17.5 Å². The molecule has 3 N–H and O–H groups in total. The number of ether oxygens (including phenoxy) is 2. The highest BCUT2D eigenvalue weighted by atomic mass is 35.5. The van der Waals surface area contributed by atoms with Gasteiger partial charge in [0.2, 0.25) is 0 Å². The summed E-state index contributed by atoms with van der Waals surface area (Å²) in [4.78, 5) is 11.0. The second kappa shape index (κ2) is 7.99. The highest BCUT2D eigenvalue weighted by Crippen LogP contribution is 2.29. The molecule has 6 heteroatoms. The van der Waals surface area contributed by atoms with Crippen LogP contribution < -0.4 is 15.8 Å². The first-order valence-electron chi connectivity index (χ1n) is 5.99. The molecule has 1 unspecified atom stereocenters. The highest BCUT2D eigenvalue weighted by molar-refractivity contribution is 6.32. The zero-order valence-corrected chi connectivity index (χ0v) is 11.9. The van der Waals surface area contributed by atoms with Gasteiger partial charge in [0.1, 0.15) is 5.75 Å². The van der Waals surface area contributed by atoms with E-state index in [4.69, 9.17) is 26.8 Å². The van der Waals surface area contributed by atoms with Gasteiger partial charge in [-0.1, -0.05) is 23.7 Å².